The maximum Gasteiger partial charge on any atom is 0.0272 e. The smallest absolute Gasteiger partial charge is 0.0272 e. The molecule has 5 aliphatic carbocycles. The number of hydrogen-bond donors (Lipinski definition) is 0. The molecule has 9 aromatic carbocycles. The maximum absolute atomic E-state index is 2.63. The summed E-state index contributed by atoms with van der Waals surface area (Å²) < 4.78 is 0. The molecule has 14 rings (SSSR count). The molecule has 4 bridgehead atoms. The van der Waals surface area contributed by atoms with Gasteiger partial charge in [0, 0.05) is 5.41 Å². The van der Waals surface area contributed by atoms with Crippen molar-refractivity contribution in [1.29, 1.82) is 0 Å². The van der Waals surface area contributed by atoms with E-state index >= 15 is 0 Å². The summed E-state index contributed by atoms with van der Waals surface area (Å²) in [6.07, 6.45) is 7.01. The van der Waals surface area contributed by atoms with Crippen LogP contribution in [0.1, 0.15) is 43.2 Å². The Morgan fingerprint density at radius 2 is 0.710 bits per heavy atom. The van der Waals surface area contributed by atoms with E-state index in [2.05, 4.69) is 206 Å². The molecule has 62 heavy (non-hydrogen) atoms. The summed E-state index contributed by atoms with van der Waals surface area (Å²) in [6.45, 7) is 0. The minimum Gasteiger partial charge on any atom is -0.0622 e. The molecule has 0 heteroatoms. The second-order valence-electron chi connectivity index (χ2n) is 18.9. The van der Waals surface area contributed by atoms with Gasteiger partial charge in [0.1, 0.15) is 0 Å². The molecule has 0 N–H and O–H groups in total. The molecule has 0 amide bonds. The van der Waals surface area contributed by atoms with E-state index in [9.17, 15) is 0 Å². The molecule has 0 radical (unpaired) electrons. The first-order chi connectivity index (χ1) is 30.7. The van der Waals surface area contributed by atoms with Crippen LogP contribution in [-0.2, 0) is 5.41 Å². The fourth-order valence-electron chi connectivity index (χ4n) is 13.3. The Balaban J connectivity index is 0.962. The number of benzene rings is 9. The van der Waals surface area contributed by atoms with E-state index < -0.39 is 0 Å². The van der Waals surface area contributed by atoms with E-state index in [-0.39, 0.29) is 5.41 Å². The minimum absolute atomic E-state index is 0.106. The van der Waals surface area contributed by atoms with Gasteiger partial charge in [0.05, 0.1) is 0 Å². The average molecular weight is 793 g/mol. The topological polar surface area (TPSA) is 0 Å². The first-order valence-electron chi connectivity index (χ1n) is 22.9. The van der Waals surface area contributed by atoms with E-state index in [0.29, 0.717) is 0 Å². The highest BCUT2D eigenvalue weighted by Gasteiger charge is 2.61. The number of rotatable bonds is 6. The van der Waals surface area contributed by atoms with Gasteiger partial charge in [-0.2, -0.15) is 0 Å². The summed E-state index contributed by atoms with van der Waals surface area (Å²) >= 11 is 0. The standard InChI is InChI=1S/C62H48/c1-3-14-42(15-4-1)44-20-11-21-45(33-44)51-35-50(43-16-5-2-6-17-43)36-52(37-51)46-22-12-23-49(34-46)55-24-9-10-25-56(55)57-26-13-27-59-61(57)58-38-47-18-7-8-19-48(47)39-60(58)62(59)53-29-40-28-41(31-53)32-54(62)30-40/h1-27,33-41,53-54H,28-32H2. The van der Waals surface area contributed by atoms with E-state index in [1.165, 1.54) is 121 Å². The summed E-state index contributed by atoms with van der Waals surface area (Å²) in [7, 11) is 0. The minimum atomic E-state index is 0.106. The molecule has 4 saturated carbocycles. The average Bonchev–Trinajstić information content (AvgIpc) is 3.62. The Morgan fingerprint density at radius 3 is 1.35 bits per heavy atom. The Bertz CT molecular complexity index is 3160. The van der Waals surface area contributed by atoms with E-state index in [1.807, 2.05) is 0 Å². The molecule has 0 unspecified atom stereocenters. The highest BCUT2D eigenvalue weighted by molar-refractivity contribution is 6.01. The van der Waals surface area contributed by atoms with Gasteiger partial charge in [-0.25, -0.2) is 0 Å². The Hall–Kier alpha value is -6.76. The van der Waals surface area contributed by atoms with Crippen LogP contribution in [0.25, 0.3) is 88.7 Å². The molecular weight excluding hydrogens is 745 g/mol. The zero-order valence-electron chi connectivity index (χ0n) is 35.0. The molecule has 0 saturated heterocycles. The lowest BCUT2D eigenvalue weighted by molar-refractivity contribution is -0.0398. The van der Waals surface area contributed by atoms with Crippen LogP contribution >= 0.6 is 0 Å². The second kappa shape index (κ2) is 14.1. The molecule has 0 nitrogen and oxygen atoms in total. The molecule has 5 aliphatic rings. The summed E-state index contributed by atoms with van der Waals surface area (Å²) in [6, 6.07) is 77.8. The first-order valence-corrected chi connectivity index (χ1v) is 22.9. The van der Waals surface area contributed by atoms with Gasteiger partial charge in [-0.3, -0.25) is 0 Å². The largest absolute Gasteiger partial charge is 0.0622 e. The third-order valence-corrected chi connectivity index (χ3v) is 15.6. The lowest BCUT2D eigenvalue weighted by atomic mass is 9.43. The third-order valence-electron chi connectivity index (χ3n) is 15.6. The second-order valence-corrected chi connectivity index (χ2v) is 18.9. The fraction of sp³-hybridized carbons (Fsp3) is 0.161. The van der Waals surface area contributed by atoms with Gasteiger partial charge in [-0.15, -0.1) is 0 Å². The first kappa shape index (κ1) is 35.9. The number of fused-ring (bicyclic) bond motifs is 4. The van der Waals surface area contributed by atoms with Crippen molar-refractivity contribution in [2.24, 2.45) is 23.7 Å². The van der Waals surface area contributed by atoms with Crippen LogP contribution < -0.4 is 0 Å². The zero-order valence-corrected chi connectivity index (χ0v) is 35.0. The molecular formula is C62H48. The van der Waals surface area contributed by atoms with Crippen LogP contribution in [0.4, 0.5) is 0 Å². The predicted molar refractivity (Wildman–Crippen MR) is 260 cm³/mol. The Labute approximate surface area is 365 Å². The van der Waals surface area contributed by atoms with E-state index in [0.717, 1.165) is 23.7 Å². The van der Waals surface area contributed by atoms with Crippen LogP contribution in [0.2, 0.25) is 0 Å². The monoisotopic (exact) mass is 792 g/mol. The molecule has 0 aliphatic heterocycles. The van der Waals surface area contributed by atoms with Crippen molar-refractivity contribution < 1.29 is 0 Å². The van der Waals surface area contributed by atoms with E-state index in [1.54, 1.807) is 11.1 Å². The molecule has 0 atom stereocenters. The van der Waals surface area contributed by atoms with Gasteiger partial charge < -0.3 is 0 Å². The van der Waals surface area contributed by atoms with Crippen molar-refractivity contribution >= 4 is 10.8 Å². The van der Waals surface area contributed by atoms with Crippen molar-refractivity contribution in [2.75, 3.05) is 0 Å². The summed E-state index contributed by atoms with van der Waals surface area (Å²) in [5, 5.41) is 2.73. The van der Waals surface area contributed by atoms with Gasteiger partial charge in [0.25, 0.3) is 0 Å². The maximum atomic E-state index is 2.63. The lowest BCUT2D eigenvalue weighted by Gasteiger charge is -2.61. The molecule has 0 aromatic heterocycles. The summed E-state index contributed by atoms with van der Waals surface area (Å²) in [5.74, 6) is 3.27. The molecule has 4 fully saturated rings. The van der Waals surface area contributed by atoms with Crippen LogP contribution in [-0.4, -0.2) is 0 Å². The van der Waals surface area contributed by atoms with Crippen LogP contribution in [0, 0.1) is 23.7 Å². The Morgan fingerprint density at radius 1 is 0.274 bits per heavy atom. The SMILES string of the molecule is c1ccc(-c2cccc(-c3cc(-c4ccccc4)cc(-c4cccc(-c5ccccc5-c5cccc6c5-c5cc7ccccc7cc5C65C6CC7CC(C6)CC5C7)c4)c3)c2)cc1. The van der Waals surface area contributed by atoms with Crippen molar-refractivity contribution in [1.82, 2.24) is 0 Å². The third kappa shape index (κ3) is 5.59. The highest BCUT2D eigenvalue weighted by Crippen LogP contribution is 2.70. The van der Waals surface area contributed by atoms with Crippen molar-refractivity contribution in [3.63, 3.8) is 0 Å². The van der Waals surface area contributed by atoms with Crippen LogP contribution in [0.15, 0.2) is 206 Å². The van der Waals surface area contributed by atoms with Crippen molar-refractivity contribution in [2.45, 2.75) is 37.5 Å². The van der Waals surface area contributed by atoms with Gasteiger partial charge in [0.2, 0.25) is 0 Å². The van der Waals surface area contributed by atoms with Gasteiger partial charge >= 0.3 is 0 Å². The highest BCUT2D eigenvalue weighted by atomic mass is 14.6. The van der Waals surface area contributed by atoms with Gasteiger partial charge in [-0.05, 0) is 198 Å². The fourth-order valence-corrected chi connectivity index (χ4v) is 13.3. The Kier molecular flexibility index (Phi) is 8.20. The molecule has 296 valence electrons. The zero-order chi connectivity index (χ0) is 40.8. The normalized spacial score (nSPS) is 21.6. The van der Waals surface area contributed by atoms with Crippen LogP contribution in [0.5, 0.6) is 0 Å². The van der Waals surface area contributed by atoms with Gasteiger partial charge in [0.15, 0.2) is 0 Å². The molecule has 1 spiro atoms. The van der Waals surface area contributed by atoms with E-state index in [4.69, 9.17) is 0 Å². The number of hydrogen-bond acceptors (Lipinski definition) is 0. The summed E-state index contributed by atoms with van der Waals surface area (Å²) in [5.41, 5.74) is 21.3. The van der Waals surface area contributed by atoms with Crippen molar-refractivity contribution in [3.05, 3.63) is 217 Å². The molecule has 9 aromatic rings. The molecule has 0 heterocycles. The lowest BCUT2D eigenvalue weighted by Crippen LogP contribution is -2.55. The van der Waals surface area contributed by atoms with Crippen molar-refractivity contribution in [3.8, 4) is 77.9 Å². The summed E-state index contributed by atoms with van der Waals surface area (Å²) in [4.78, 5) is 0. The predicted octanol–water partition coefficient (Wildman–Crippen LogP) is 16.6. The van der Waals surface area contributed by atoms with Crippen LogP contribution in [0.3, 0.4) is 0 Å². The van der Waals surface area contributed by atoms with Gasteiger partial charge in [-0.1, -0.05) is 164 Å². The quantitative estimate of drug-likeness (QED) is 0.157.